The number of rotatable bonds is 5. The van der Waals surface area contributed by atoms with Crippen molar-refractivity contribution in [2.24, 2.45) is 0 Å². The molecule has 0 saturated heterocycles. The van der Waals surface area contributed by atoms with Gasteiger partial charge in [-0.2, -0.15) is 0 Å². The fourth-order valence-electron chi connectivity index (χ4n) is 2.06. The normalized spacial score (nSPS) is 11.5. The van der Waals surface area contributed by atoms with Gasteiger partial charge in [0.15, 0.2) is 0 Å². The van der Waals surface area contributed by atoms with Crippen molar-refractivity contribution in [1.82, 2.24) is 4.98 Å². The average molecular weight is 308 g/mol. The zero-order chi connectivity index (χ0) is 15.6. The molecule has 1 N–H and O–H groups in total. The summed E-state index contributed by atoms with van der Waals surface area (Å²) in [5.41, 5.74) is 0.130. The SMILES string of the molecule is CN(CCS(C)(=O)=O)c1ncc(C(=O)O)c2ccccc12. The summed E-state index contributed by atoms with van der Waals surface area (Å²) in [6, 6.07) is 7.05. The van der Waals surface area contributed by atoms with Crippen LogP contribution in [0.5, 0.6) is 0 Å². The Bertz CT molecular complexity index is 787. The maximum atomic E-state index is 11.2. The molecule has 21 heavy (non-hydrogen) atoms. The molecule has 0 unspecified atom stereocenters. The van der Waals surface area contributed by atoms with Crippen LogP contribution in [0.25, 0.3) is 10.8 Å². The van der Waals surface area contributed by atoms with Crippen LogP contribution in [0.4, 0.5) is 5.82 Å². The molecule has 2 aromatic rings. The maximum absolute atomic E-state index is 11.2. The number of carboxylic acid groups (broad SMARTS) is 1. The molecule has 112 valence electrons. The Labute approximate surface area is 122 Å². The molecule has 0 aliphatic carbocycles. The van der Waals surface area contributed by atoms with Gasteiger partial charge in [0.05, 0.1) is 11.3 Å². The number of hydrogen-bond donors (Lipinski definition) is 1. The number of aromatic carboxylic acids is 1. The van der Waals surface area contributed by atoms with Crippen molar-refractivity contribution >= 4 is 32.4 Å². The molecule has 0 saturated carbocycles. The fraction of sp³-hybridized carbons (Fsp3) is 0.286. The number of sulfone groups is 1. The third-order valence-electron chi connectivity index (χ3n) is 3.16. The van der Waals surface area contributed by atoms with Gasteiger partial charge in [0.1, 0.15) is 15.7 Å². The number of benzene rings is 1. The van der Waals surface area contributed by atoms with Crippen molar-refractivity contribution in [2.45, 2.75) is 0 Å². The number of nitrogens with zero attached hydrogens (tertiary/aromatic N) is 2. The highest BCUT2D eigenvalue weighted by atomic mass is 32.2. The lowest BCUT2D eigenvalue weighted by Crippen LogP contribution is -2.26. The van der Waals surface area contributed by atoms with Gasteiger partial charge in [0, 0.05) is 36.8 Å². The molecule has 0 amide bonds. The molecule has 2 rings (SSSR count). The van der Waals surface area contributed by atoms with Crippen LogP contribution in [0.1, 0.15) is 10.4 Å². The van der Waals surface area contributed by atoms with E-state index in [-0.39, 0.29) is 11.3 Å². The van der Waals surface area contributed by atoms with E-state index in [0.29, 0.717) is 23.1 Å². The third-order valence-corrected chi connectivity index (χ3v) is 4.09. The summed E-state index contributed by atoms with van der Waals surface area (Å²) in [6.45, 7) is 0.294. The van der Waals surface area contributed by atoms with Gasteiger partial charge in [-0.15, -0.1) is 0 Å². The second-order valence-corrected chi connectivity index (χ2v) is 7.16. The predicted octanol–water partition coefficient (Wildman–Crippen LogP) is 1.41. The summed E-state index contributed by atoms with van der Waals surface area (Å²) in [6.07, 6.45) is 2.48. The topological polar surface area (TPSA) is 87.6 Å². The van der Waals surface area contributed by atoms with Gasteiger partial charge < -0.3 is 10.0 Å². The zero-order valence-corrected chi connectivity index (χ0v) is 12.6. The van der Waals surface area contributed by atoms with E-state index in [1.807, 2.05) is 0 Å². The predicted molar refractivity (Wildman–Crippen MR) is 81.7 cm³/mol. The smallest absolute Gasteiger partial charge is 0.337 e. The molecule has 0 radical (unpaired) electrons. The monoisotopic (exact) mass is 308 g/mol. The Balaban J connectivity index is 2.46. The van der Waals surface area contributed by atoms with Crippen molar-refractivity contribution in [3.8, 4) is 0 Å². The first-order valence-corrected chi connectivity index (χ1v) is 8.35. The van der Waals surface area contributed by atoms with Crippen molar-refractivity contribution in [2.75, 3.05) is 30.5 Å². The van der Waals surface area contributed by atoms with Crippen LogP contribution < -0.4 is 4.90 Å². The second-order valence-electron chi connectivity index (χ2n) is 4.90. The summed E-state index contributed by atoms with van der Waals surface area (Å²) >= 11 is 0. The largest absolute Gasteiger partial charge is 0.478 e. The van der Waals surface area contributed by atoms with Gasteiger partial charge in [-0.25, -0.2) is 18.2 Å². The lowest BCUT2D eigenvalue weighted by atomic mass is 10.1. The number of aromatic nitrogens is 1. The van der Waals surface area contributed by atoms with Gasteiger partial charge in [0.2, 0.25) is 0 Å². The summed E-state index contributed by atoms with van der Waals surface area (Å²) in [5.74, 6) is -0.455. The summed E-state index contributed by atoms with van der Waals surface area (Å²) in [7, 11) is -1.33. The molecule has 7 heteroatoms. The Morgan fingerprint density at radius 3 is 2.48 bits per heavy atom. The fourth-order valence-corrected chi connectivity index (χ4v) is 2.67. The Kier molecular flexibility index (Phi) is 4.13. The van der Waals surface area contributed by atoms with Crippen LogP contribution >= 0.6 is 0 Å². The first kappa shape index (κ1) is 15.2. The third kappa shape index (κ3) is 3.49. The van der Waals surface area contributed by atoms with Gasteiger partial charge in [-0.05, 0) is 0 Å². The molecule has 0 fully saturated rings. The average Bonchev–Trinajstić information content (AvgIpc) is 2.42. The Hall–Kier alpha value is -2.15. The number of pyridine rings is 1. The van der Waals surface area contributed by atoms with Crippen LogP contribution in [0.3, 0.4) is 0 Å². The highest BCUT2D eigenvalue weighted by Crippen LogP contribution is 2.26. The van der Waals surface area contributed by atoms with Gasteiger partial charge >= 0.3 is 5.97 Å². The molecular weight excluding hydrogens is 292 g/mol. The molecule has 0 atom stereocenters. The van der Waals surface area contributed by atoms with Crippen molar-refractivity contribution in [3.05, 3.63) is 36.0 Å². The number of fused-ring (bicyclic) bond motifs is 1. The molecule has 0 spiro atoms. The summed E-state index contributed by atoms with van der Waals surface area (Å²) in [4.78, 5) is 17.1. The van der Waals surface area contributed by atoms with Crippen LogP contribution in [0.2, 0.25) is 0 Å². The minimum Gasteiger partial charge on any atom is -0.478 e. The number of carboxylic acids is 1. The van der Waals surface area contributed by atoms with E-state index in [1.165, 1.54) is 12.5 Å². The minimum absolute atomic E-state index is 0.0141. The minimum atomic E-state index is -3.07. The Morgan fingerprint density at radius 1 is 1.29 bits per heavy atom. The van der Waals surface area contributed by atoms with E-state index < -0.39 is 15.8 Å². The Morgan fingerprint density at radius 2 is 1.90 bits per heavy atom. The highest BCUT2D eigenvalue weighted by Gasteiger charge is 2.15. The van der Waals surface area contributed by atoms with Gasteiger partial charge in [-0.1, -0.05) is 24.3 Å². The molecule has 1 heterocycles. The standard InChI is InChI=1S/C14H16N2O4S/c1-16(7-8-21(2,19)20)13-11-6-4-3-5-10(11)12(9-15-13)14(17)18/h3-6,9H,7-8H2,1-2H3,(H,17,18). The first-order valence-electron chi connectivity index (χ1n) is 6.29. The van der Waals surface area contributed by atoms with Crippen molar-refractivity contribution in [3.63, 3.8) is 0 Å². The van der Waals surface area contributed by atoms with E-state index >= 15 is 0 Å². The lowest BCUT2D eigenvalue weighted by molar-refractivity contribution is 0.0698. The molecule has 0 aliphatic heterocycles. The van der Waals surface area contributed by atoms with E-state index in [9.17, 15) is 18.3 Å². The molecule has 0 bridgehead atoms. The van der Waals surface area contributed by atoms with Gasteiger partial charge in [0.25, 0.3) is 0 Å². The molecular formula is C14H16N2O4S. The van der Waals surface area contributed by atoms with Crippen LogP contribution in [-0.2, 0) is 9.84 Å². The van der Waals surface area contributed by atoms with Crippen LogP contribution in [-0.4, -0.2) is 50.1 Å². The van der Waals surface area contributed by atoms with E-state index in [1.54, 1.807) is 36.2 Å². The molecule has 1 aromatic carbocycles. The first-order chi connectivity index (χ1) is 9.79. The molecule has 0 aliphatic rings. The number of carbonyl (C=O) groups is 1. The lowest BCUT2D eigenvalue weighted by Gasteiger charge is -2.20. The quantitative estimate of drug-likeness (QED) is 0.898. The van der Waals surface area contributed by atoms with E-state index in [4.69, 9.17) is 0 Å². The molecule has 6 nitrogen and oxygen atoms in total. The maximum Gasteiger partial charge on any atom is 0.337 e. The van der Waals surface area contributed by atoms with Crippen LogP contribution in [0.15, 0.2) is 30.5 Å². The van der Waals surface area contributed by atoms with Crippen LogP contribution in [0, 0.1) is 0 Å². The van der Waals surface area contributed by atoms with Crippen molar-refractivity contribution in [1.29, 1.82) is 0 Å². The van der Waals surface area contributed by atoms with Crippen molar-refractivity contribution < 1.29 is 18.3 Å². The summed E-state index contributed by atoms with van der Waals surface area (Å²) < 4.78 is 22.5. The second kappa shape index (κ2) is 5.69. The van der Waals surface area contributed by atoms with Gasteiger partial charge in [-0.3, -0.25) is 0 Å². The number of anilines is 1. The van der Waals surface area contributed by atoms with E-state index in [2.05, 4.69) is 4.98 Å². The zero-order valence-electron chi connectivity index (χ0n) is 11.8. The highest BCUT2D eigenvalue weighted by molar-refractivity contribution is 7.90. The number of hydrogen-bond acceptors (Lipinski definition) is 5. The van der Waals surface area contributed by atoms with E-state index in [0.717, 1.165) is 0 Å². The summed E-state index contributed by atoms with van der Waals surface area (Å²) in [5, 5.41) is 10.5. The molecule has 1 aromatic heterocycles.